The number of hydrogen-bond donors (Lipinski definition) is 0. The summed E-state index contributed by atoms with van der Waals surface area (Å²) in [7, 11) is -3.95. The molecular weight excluding hydrogens is 591 g/mol. The van der Waals surface area contributed by atoms with Gasteiger partial charge in [-0.25, -0.2) is 12.7 Å². The Morgan fingerprint density at radius 1 is 1.09 bits per heavy atom. The van der Waals surface area contributed by atoms with Crippen molar-refractivity contribution in [3.63, 3.8) is 0 Å². The fourth-order valence-electron chi connectivity index (χ4n) is 5.36. The van der Waals surface area contributed by atoms with Gasteiger partial charge in [0, 0.05) is 51.1 Å². The molecule has 10 nitrogen and oxygen atoms in total. The maximum absolute atomic E-state index is 13.9. The van der Waals surface area contributed by atoms with Gasteiger partial charge in [0.1, 0.15) is 11.4 Å². The molecule has 2 aliphatic heterocycles. The Labute approximate surface area is 250 Å². The number of sulfonamides is 1. The number of esters is 1. The Balaban J connectivity index is 1.24. The Bertz CT molecular complexity index is 1320. The van der Waals surface area contributed by atoms with Gasteiger partial charge in [0.15, 0.2) is 4.75 Å². The molecule has 0 amide bonds. The van der Waals surface area contributed by atoms with E-state index in [1.807, 2.05) is 6.92 Å². The number of piperidine rings is 1. The number of halogens is 3. The van der Waals surface area contributed by atoms with E-state index in [9.17, 15) is 26.4 Å². The summed E-state index contributed by atoms with van der Waals surface area (Å²) >= 11 is 0. The van der Waals surface area contributed by atoms with E-state index in [0.717, 1.165) is 19.3 Å². The number of carbonyl (C=O) groups excluding carboxylic acids is 1. The Hall–Kier alpha value is -2.71. The molecule has 43 heavy (non-hydrogen) atoms. The van der Waals surface area contributed by atoms with Gasteiger partial charge >= 0.3 is 12.3 Å². The monoisotopic (exact) mass is 631 g/mol. The second-order valence-electron chi connectivity index (χ2n) is 11.8. The van der Waals surface area contributed by atoms with Crippen molar-refractivity contribution in [2.45, 2.75) is 95.3 Å². The average Bonchev–Trinajstić information content (AvgIpc) is 3.44. The first kappa shape index (κ1) is 33.2. The van der Waals surface area contributed by atoms with Crippen LogP contribution in [0.5, 0.6) is 5.75 Å². The molecule has 1 aromatic heterocycles. The smallest absolute Gasteiger partial charge is 0.458 e. The highest BCUT2D eigenvalue weighted by Gasteiger charge is 2.56. The Morgan fingerprint density at radius 2 is 1.74 bits per heavy atom. The zero-order valence-electron chi connectivity index (χ0n) is 24.8. The van der Waals surface area contributed by atoms with E-state index < -0.39 is 32.7 Å². The minimum atomic E-state index is -4.76. The van der Waals surface area contributed by atoms with Crippen LogP contribution in [0, 0.1) is 5.92 Å². The number of unbranched alkanes of at least 4 members (excludes halogenated alkanes) is 1. The van der Waals surface area contributed by atoms with Crippen LogP contribution in [-0.4, -0.2) is 71.8 Å². The summed E-state index contributed by atoms with van der Waals surface area (Å²) in [5.74, 6) is 0.0724. The number of alkyl halides is 3. The van der Waals surface area contributed by atoms with Crippen molar-refractivity contribution in [2.75, 3.05) is 26.3 Å². The van der Waals surface area contributed by atoms with Gasteiger partial charge in [-0.05, 0) is 69.7 Å². The van der Waals surface area contributed by atoms with Crippen LogP contribution < -0.4 is 4.74 Å². The van der Waals surface area contributed by atoms with Crippen molar-refractivity contribution >= 4 is 16.0 Å². The number of benzene rings is 1. The minimum Gasteiger partial charge on any atom is -0.458 e. The molecule has 2 saturated heterocycles. The SMILES string of the molecule is CCC(C)(C)OC(=O)C1(S(=O)(=O)N2CCC(CCCCc3nc(-c4ccc(OC(F)(F)F)cc4)no3)CC2)CCOCC1. The molecule has 0 N–H and O–H groups in total. The van der Waals surface area contributed by atoms with Crippen LogP contribution in [0.15, 0.2) is 28.8 Å². The number of carbonyl (C=O) groups is 1. The van der Waals surface area contributed by atoms with Gasteiger partial charge in [0.2, 0.25) is 21.7 Å². The lowest BCUT2D eigenvalue weighted by molar-refractivity contribution is -0.274. The van der Waals surface area contributed by atoms with Gasteiger partial charge in [-0.15, -0.1) is 13.2 Å². The molecule has 4 rings (SSSR count). The second-order valence-corrected chi connectivity index (χ2v) is 14.0. The molecule has 0 bridgehead atoms. The summed E-state index contributed by atoms with van der Waals surface area (Å²) in [5.41, 5.74) is -0.245. The van der Waals surface area contributed by atoms with Crippen molar-refractivity contribution in [2.24, 2.45) is 5.92 Å². The lowest BCUT2D eigenvalue weighted by atomic mass is 9.92. The number of rotatable bonds is 12. The first-order chi connectivity index (χ1) is 20.2. The third-order valence-corrected chi connectivity index (χ3v) is 11.0. The van der Waals surface area contributed by atoms with Crippen LogP contribution in [0.4, 0.5) is 13.2 Å². The first-order valence-electron chi connectivity index (χ1n) is 14.7. The quantitative estimate of drug-likeness (QED) is 0.215. The molecule has 0 unspecified atom stereocenters. The third kappa shape index (κ3) is 8.27. The zero-order valence-corrected chi connectivity index (χ0v) is 25.6. The molecule has 0 saturated carbocycles. The van der Waals surface area contributed by atoms with E-state index in [2.05, 4.69) is 14.9 Å². The molecule has 14 heteroatoms. The number of aromatic nitrogens is 2. The molecule has 0 spiro atoms. The first-order valence-corrected chi connectivity index (χ1v) is 16.2. The molecule has 2 aromatic rings. The number of aryl methyl sites for hydroxylation is 1. The van der Waals surface area contributed by atoms with Gasteiger partial charge in [0.05, 0.1) is 0 Å². The Kier molecular flexibility index (Phi) is 10.4. The average molecular weight is 632 g/mol. The van der Waals surface area contributed by atoms with E-state index in [1.165, 1.54) is 28.6 Å². The third-order valence-electron chi connectivity index (χ3n) is 8.37. The molecule has 240 valence electrons. The summed E-state index contributed by atoms with van der Waals surface area (Å²) in [6.07, 6.45) is 0.551. The highest BCUT2D eigenvalue weighted by Crippen LogP contribution is 2.38. The van der Waals surface area contributed by atoms with Crippen LogP contribution in [-0.2, 0) is 30.7 Å². The van der Waals surface area contributed by atoms with Crippen molar-refractivity contribution in [3.8, 4) is 17.1 Å². The van der Waals surface area contributed by atoms with Crippen LogP contribution >= 0.6 is 0 Å². The van der Waals surface area contributed by atoms with Gasteiger partial charge in [-0.3, -0.25) is 4.79 Å². The predicted molar refractivity (Wildman–Crippen MR) is 150 cm³/mol. The van der Waals surface area contributed by atoms with E-state index in [-0.39, 0.29) is 37.6 Å². The summed E-state index contributed by atoms with van der Waals surface area (Å²) in [6, 6.07) is 5.25. The number of hydrogen-bond acceptors (Lipinski definition) is 9. The molecule has 3 heterocycles. The van der Waals surface area contributed by atoms with E-state index in [1.54, 1.807) is 13.8 Å². The molecule has 0 aliphatic carbocycles. The summed E-state index contributed by atoms with van der Waals surface area (Å²) in [4.78, 5) is 17.7. The lowest BCUT2D eigenvalue weighted by Crippen LogP contribution is -2.59. The Morgan fingerprint density at radius 3 is 2.35 bits per heavy atom. The van der Waals surface area contributed by atoms with Crippen LogP contribution in [0.1, 0.15) is 78.0 Å². The topological polar surface area (TPSA) is 121 Å². The maximum Gasteiger partial charge on any atom is 0.573 e. The molecule has 0 atom stereocenters. The van der Waals surface area contributed by atoms with E-state index in [4.69, 9.17) is 14.0 Å². The predicted octanol–water partition coefficient (Wildman–Crippen LogP) is 5.67. The summed E-state index contributed by atoms with van der Waals surface area (Å²) in [6.45, 7) is 6.58. The highest BCUT2D eigenvalue weighted by atomic mass is 32.2. The van der Waals surface area contributed by atoms with Crippen LogP contribution in [0.3, 0.4) is 0 Å². The number of ether oxygens (including phenoxy) is 3. The fourth-order valence-corrected chi connectivity index (χ4v) is 7.48. The van der Waals surface area contributed by atoms with Gasteiger partial charge in [0.25, 0.3) is 0 Å². The second kappa shape index (κ2) is 13.5. The highest BCUT2D eigenvalue weighted by molar-refractivity contribution is 7.91. The van der Waals surface area contributed by atoms with Gasteiger partial charge in [-0.1, -0.05) is 24.9 Å². The van der Waals surface area contributed by atoms with E-state index in [0.29, 0.717) is 56.1 Å². The molecular formula is C29H40F3N3O7S. The van der Waals surface area contributed by atoms with Crippen molar-refractivity contribution in [1.29, 1.82) is 0 Å². The van der Waals surface area contributed by atoms with Crippen molar-refractivity contribution in [1.82, 2.24) is 14.4 Å². The van der Waals surface area contributed by atoms with Crippen molar-refractivity contribution < 1.29 is 45.1 Å². The zero-order chi connectivity index (χ0) is 31.3. The molecule has 2 fully saturated rings. The summed E-state index contributed by atoms with van der Waals surface area (Å²) in [5, 5.41) is 3.92. The lowest BCUT2D eigenvalue weighted by Gasteiger charge is -2.41. The molecule has 0 radical (unpaired) electrons. The van der Waals surface area contributed by atoms with Gasteiger partial charge < -0.3 is 18.7 Å². The van der Waals surface area contributed by atoms with Crippen LogP contribution in [0.2, 0.25) is 0 Å². The summed E-state index contributed by atoms with van der Waals surface area (Å²) < 4.78 is 85.0. The minimum absolute atomic E-state index is 0.0864. The molecule has 1 aromatic carbocycles. The largest absolute Gasteiger partial charge is 0.573 e. The molecule has 2 aliphatic rings. The fraction of sp³-hybridized carbons (Fsp3) is 0.690. The van der Waals surface area contributed by atoms with Gasteiger partial charge in [-0.2, -0.15) is 4.98 Å². The standard InChI is InChI=1S/C29H40F3N3O7S/c1-4-27(2,3)41-26(36)28(15-19-39-20-16-28)43(37,38)35-17-13-21(14-18-35)7-5-6-8-24-33-25(34-42-24)22-9-11-23(12-10-22)40-29(30,31)32/h9-12,21H,4-8,13-20H2,1-3H3. The number of nitrogens with zero attached hydrogens (tertiary/aromatic N) is 3. The van der Waals surface area contributed by atoms with E-state index >= 15 is 0 Å². The maximum atomic E-state index is 13.9. The van der Waals surface area contributed by atoms with Crippen LogP contribution in [0.25, 0.3) is 11.4 Å². The van der Waals surface area contributed by atoms with Crippen molar-refractivity contribution in [3.05, 3.63) is 30.2 Å². The normalized spacial score (nSPS) is 18.8.